The number of esters is 1. The predicted octanol–water partition coefficient (Wildman–Crippen LogP) is 2.87. The molecule has 0 saturated carbocycles. The van der Waals surface area contributed by atoms with Crippen molar-refractivity contribution >= 4 is 28.2 Å². The third kappa shape index (κ3) is 3.32. The molecule has 0 radical (unpaired) electrons. The number of fused-ring (bicyclic) bond motifs is 1. The van der Waals surface area contributed by atoms with Gasteiger partial charge in [-0.1, -0.05) is 0 Å². The van der Waals surface area contributed by atoms with Crippen LogP contribution in [0.1, 0.15) is 30.3 Å². The summed E-state index contributed by atoms with van der Waals surface area (Å²) in [4.78, 5) is 36.5. The second kappa shape index (κ2) is 7.48. The SMILES string of the molecule is CCOC(=O)C1CCCN(C(=O)c2nc3sccn3c2-c2ccncc2)C1. The molecule has 4 heterocycles. The van der Waals surface area contributed by atoms with E-state index in [0.29, 0.717) is 25.4 Å². The monoisotopic (exact) mass is 384 g/mol. The van der Waals surface area contributed by atoms with Crippen LogP contribution in [0.25, 0.3) is 16.2 Å². The smallest absolute Gasteiger partial charge is 0.310 e. The molecule has 1 unspecified atom stereocenters. The number of rotatable bonds is 4. The van der Waals surface area contributed by atoms with Gasteiger partial charge in [0.2, 0.25) is 0 Å². The van der Waals surface area contributed by atoms with E-state index in [1.807, 2.05) is 28.1 Å². The summed E-state index contributed by atoms with van der Waals surface area (Å²) in [7, 11) is 0. The van der Waals surface area contributed by atoms with Crippen LogP contribution in [0.5, 0.6) is 0 Å². The summed E-state index contributed by atoms with van der Waals surface area (Å²) in [6, 6.07) is 3.74. The lowest BCUT2D eigenvalue weighted by molar-refractivity contribution is -0.149. The Bertz CT molecular complexity index is 966. The van der Waals surface area contributed by atoms with Crippen LogP contribution in [-0.2, 0) is 9.53 Å². The van der Waals surface area contributed by atoms with Gasteiger partial charge >= 0.3 is 5.97 Å². The molecule has 1 amide bonds. The molecule has 4 rings (SSSR count). The van der Waals surface area contributed by atoms with Gasteiger partial charge in [-0.25, -0.2) is 4.98 Å². The average molecular weight is 384 g/mol. The van der Waals surface area contributed by atoms with Crippen molar-refractivity contribution in [3.8, 4) is 11.3 Å². The fraction of sp³-hybridized carbons (Fsp3) is 0.368. The van der Waals surface area contributed by atoms with Gasteiger partial charge in [0.25, 0.3) is 5.91 Å². The van der Waals surface area contributed by atoms with Gasteiger partial charge in [0.15, 0.2) is 10.7 Å². The Labute approximate surface area is 160 Å². The Balaban J connectivity index is 1.67. The molecule has 1 atom stereocenters. The predicted molar refractivity (Wildman–Crippen MR) is 102 cm³/mol. The number of pyridine rings is 1. The van der Waals surface area contributed by atoms with Crippen LogP contribution in [0.15, 0.2) is 36.1 Å². The minimum Gasteiger partial charge on any atom is -0.466 e. The number of hydrogen-bond acceptors (Lipinski definition) is 6. The molecule has 1 fully saturated rings. The molecule has 7 nitrogen and oxygen atoms in total. The Morgan fingerprint density at radius 1 is 1.33 bits per heavy atom. The van der Waals surface area contributed by atoms with E-state index in [0.717, 1.165) is 29.1 Å². The van der Waals surface area contributed by atoms with E-state index < -0.39 is 0 Å². The van der Waals surface area contributed by atoms with Crippen LogP contribution in [0.2, 0.25) is 0 Å². The van der Waals surface area contributed by atoms with E-state index in [-0.39, 0.29) is 17.8 Å². The number of carbonyl (C=O) groups is 2. The summed E-state index contributed by atoms with van der Waals surface area (Å²) < 4.78 is 7.07. The van der Waals surface area contributed by atoms with Crippen molar-refractivity contribution < 1.29 is 14.3 Å². The number of carbonyl (C=O) groups excluding carboxylic acids is 2. The highest BCUT2D eigenvalue weighted by Gasteiger charge is 2.32. The lowest BCUT2D eigenvalue weighted by Gasteiger charge is -2.31. The maximum atomic E-state index is 13.3. The maximum Gasteiger partial charge on any atom is 0.310 e. The molecule has 0 aromatic carbocycles. The minimum absolute atomic E-state index is 0.147. The minimum atomic E-state index is -0.268. The van der Waals surface area contributed by atoms with Crippen LogP contribution in [0.3, 0.4) is 0 Å². The second-order valence-electron chi connectivity index (χ2n) is 6.44. The van der Waals surface area contributed by atoms with Crippen LogP contribution >= 0.6 is 11.3 Å². The number of aromatic nitrogens is 3. The number of nitrogens with zero attached hydrogens (tertiary/aromatic N) is 4. The van der Waals surface area contributed by atoms with Gasteiger partial charge in [-0.2, -0.15) is 0 Å². The van der Waals surface area contributed by atoms with E-state index in [9.17, 15) is 9.59 Å². The van der Waals surface area contributed by atoms with Gasteiger partial charge in [-0.3, -0.25) is 19.0 Å². The van der Waals surface area contributed by atoms with Crippen molar-refractivity contribution in [3.63, 3.8) is 0 Å². The highest BCUT2D eigenvalue weighted by atomic mass is 32.1. The normalized spacial score (nSPS) is 17.2. The van der Waals surface area contributed by atoms with Gasteiger partial charge in [-0.15, -0.1) is 11.3 Å². The summed E-state index contributed by atoms with van der Waals surface area (Å²) in [5, 5.41) is 1.94. The first kappa shape index (κ1) is 17.7. The number of piperidine rings is 1. The van der Waals surface area contributed by atoms with E-state index in [1.165, 1.54) is 11.3 Å². The third-order valence-electron chi connectivity index (χ3n) is 4.75. The highest BCUT2D eigenvalue weighted by molar-refractivity contribution is 7.15. The van der Waals surface area contributed by atoms with Crippen molar-refractivity contribution in [2.45, 2.75) is 19.8 Å². The summed E-state index contributed by atoms with van der Waals surface area (Å²) in [5.41, 5.74) is 2.06. The molecule has 3 aromatic rings. The largest absolute Gasteiger partial charge is 0.466 e. The topological polar surface area (TPSA) is 76.8 Å². The van der Waals surface area contributed by atoms with Gasteiger partial charge in [0, 0.05) is 42.6 Å². The number of thiazole rings is 1. The number of hydrogen-bond donors (Lipinski definition) is 0. The Kier molecular flexibility index (Phi) is 4.89. The third-order valence-corrected chi connectivity index (χ3v) is 5.50. The van der Waals surface area contributed by atoms with Crippen molar-refractivity contribution in [3.05, 3.63) is 41.8 Å². The molecule has 1 saturated heterocycles. The summed E-state index contributed by atoms with van der Waals surface area (Å²) >= 11 is 1.48. The first-order chi connectivity index (χ1) is 13.2. The molecule has 1 aliphatic heterocycles. The van der Waals surface area contributed by atoms with Crippen LogP contribution in [0, 0.1) is 5.92 Å². The van der Waals surface area contributed by atoms with Crippen LogP contribution < -0.4 is 0 Å². The Morgan fingerprint density at radius 3 is 2.93 bits per heavy atom. The van der Waals surface area contributed by atoms with Gasteiger partial charge in [-0.05, 0) is 31.9 Å². The summed E-state index contributed by atoms with van der Waals surface area (Å²) in [6.45, 7) is 3.14. The molecular formula is C19H20N4O3S. The quantitative estimate of drug-likeness (QED) is 0.647. The van der Waals surface area contributed by atoms with E-state index in [4.69, 9.17) is 4.74 Å². The van der Waals surface area contributed by atoms with E-state index >= 15 is 0 Å². The molecule has 8 heteroatoms. The fourth-order valence-corrected chi connectivity index (χ4v) is 4.20. The number of amides is 1. The zero-order chi connectivity index (χ0) is 18.8. The zero-order valence-electron chi connectivity index (χ0n) is 15.0. The Hall–Kier alpha value is -2.74. The molecule has 27 heavy (non-hydrogen) atoms. The van der Waals surface area contributed by atoms with Gasteiger partial charge in [0.05, 0.1) is 18.2 Å². The van der Waals surface area contributed by atoms with Crippen LogP contribution in [-0.4, -0.2) is 50.8 Å². The highest BCUT2D eigenvalue weighted by Crippen LogP contribution is 2.29. The van der Waals surface area contributed by atoms with E-state index in [1.54, 1.807) is 24.2 Å². The van der Waals surface area contributed by atoms with E-state index in [2.05, 4.69) is 9.97 Å². The molecular weight excluding hydrogens is 364 g/mol. The molecule has 1 aliphatic rings. The summed E-state index contributed by atoms with van der Waals surface area (Å²) in [6.07, 6.45) is 6.84. The number of ether oxygens (including phenoxy) is 1. The van der Waals surface area contributed by atoms with Crippen molar-refractivity contribution in [2.75, 3.05) is 19.7 Å². The average Bonchev–Trinajstić information content (AvgIpc) is 3.29. The molecule has 3 aromatic heterocycles. The number of imidazole rings is 1. The first-order valence-electron chi connectivity index (χ1n) is 9.01. The fourth-order valence-electron chi connectivity index (χ4n) is 3.48. The first-order valence-corrected chi connectivity index (χ1v) is 9.89. The Morgan fingerprint density at radius 2 is 2.15 bits per heavy atom. The number of likely N-dealkylation sites (tertiary alicyclic amines) is 1. The van der Waals surface area contributed by atoms with Crippen molar-refractivity contribution in [2.24, 2.45) is 5.92 Å². The summed E-state index contributed by atoms with van der Waals surface area (Å²) in [5.74, 6) is -0.641. The molecule has 0 aliphatic carbocycles. The second-order valence-corrected chi connectivity index (χ2v) is 7.32. The van der Waals surface area contributed by atoms with Crippen molar-refractivity contribution in [1.82, 2.24) is 19.3 Å². The molecule has 0 N–H and O–H groups in total. The van der Waals surface area contributed by atoms with Gasteiger partial charge < -0.3 is 9.64 Å². The van der Waals surface area contributed by atoms with Crippen molar-refractivity contribution in [1.29, 1.82) is 0 Å². The molecule has 0 spiro atoms. The molecule has 0 bridgehead atoms. The van der Waals surface area contributed by atoms with Gasteiger partial charge in [0.1, 0.15) is 0 Å². The standard InChI is InChI=1S/C19H20N4O3S/c1-2-26-18(25)14-4-3-9-22(12-14)17(24)15-16(13-5-7-20-8-6-13)23-10-11-27-19(23)21-15/h5-8,10-11,14H,2-4,9,12H2,1H3. The lowest BCUT2D eigenvalue weighted by Crippen LogP contribution is -2.43. The zero-order valence-corrected chi connectivity index (χ0v) is 15.8. The van der Waals surface area contributed by atoms with Crippen LogP contribution in [0.4, 0.5) is 0 Å². The lowest BCUT2D eigenvalue weighted by atomic mass is 9.97. The molecule has 140 valence electrons. The maximum absolute atomic E-state index is 13.3.